The highest BCUT2D eigenvalue weighted by Gasteiger charge is 2.43. The van der Waals surface area contributed by atoms with Gasteiger partial charge in [0.05, 0.1) is 18.9 Å². The lowest BCUT2D eigenvalue weighted by molar-refractivity contribution is -0.136. The standard InChI is InChI=1S/C19H17F3N4O4S2/c1-30-19(27)13-12-7-9(25-32(2,28)29)8-26(12)17(18-23-5-6-31-18)24-16(13)10-3-4-11(20)15(22)14(10)21/h3-6,9,16,25H,7-8H2,1-2H3/t9-,16-/m0/s1. The number of esters is 1. The maximum Gasteiger partial charge on any atom is 0.338 e. The number of carbonyl (C=O) groups is 1. The van der Waals surface area contributed by atoms with Crippen molar-refractivity contribution in [1.29, 1.82) is 0 Å². The van der Waals surface area contributed by atoms with Gasteiger partial charge in [0, 0.05) is 41.8 Å². The van der Waals surface area contributed by atoms with E-state index in [1.807, 2.05) is 0 Å². The molecule has 2 atom stereocenters. The van der Waals surface area contributed by atoms with Gasteiger partial charge in [-0.1, -0.05) is 6.07 Å². The molecule has 0 unspecified atom stereocenters. The number of aromatic nitrogens is 1. The third-order valence-corrected chi connectivity index (χ3v) is 6.56. The number of fused-ring (bicyclic) bond motifs is 1. The smallest absolute Gasteiger partial charge is 0.338 e. The van der Waals surface area contributed by atoms with Gasteiger partial charge in [-0.2, -0.15) is 0 Å². The Bertz CT molecular complexity index is 1250. The van der Waals surface area contributed by atoms with Crippen molar-refractivity contribution in [2.24, 2.45) is 4.99 Å². The highest BCUT2D eigenvalue weighted by molar-refractivity contribution is 7.88. The van der Waals surface area contributed by atoms with E-state index < -0.39 is 45.5 Å². The Hall–Kier alpha value is -2.77. The zero-order chi connectivity index (χ0) is 23.2. The molecule has 1 saturated heterocycles. The van der Waals surface area contributed by atoms with Crippen LogP contribution in [-0.2, 0) is 19.6 Å². The van der Waals surface area contributed by atoms with Gasteiger partial charge >= 0.3 is 5.97 Å². The van der Waals surface area contributed by atoms with Gasteiger partial charge < -0.3 is 9.64 Å². The molecule has 0 saturated carbocycles. The summed E-state index contributed by atoms with van der Waals surface area (Å²) < 4.78 is 73.2. The SMILES string of the molecule is COC(=O)C1=C2C[C@H](NS(C)(=O)=O)CN2C(c2nccs2)=N[C@H]1c1ccc(F)c(F)c1F. The van der Waals surface area contributed by atoms with E-state index in [0.29, 0.717) is 10.7 Å². The summed E-state index contributed by atoms with van der Waals surface area (Å²) in [6.45, 7) is 0.133. The predicted molar refractivity (Wildman–Crippen MR) is 110 cm³/mol. The molecule has 2 aliphatic heterocycles. The second kappa shape index (κ2) is 8.30. The minimum Gasteiger partial charge on any atom is -0.466 e. The van der Waals surface area contributed by atoms with E-state index in [2.05, 4.69) is 14.7 Å². The maximum atomic E-state index is 14.7. The summed E-state index contributed by atoms with van der Waals surface area (Å²) >= 11 is 1.23. The third-order valence-electron chi connectivity index (χ3n) is 5.03. The van der Waals surface area contributed by atoms with Crippen LogP contribution in [0, 0.1) is 17.5 Å². The Morgan fingerprint density at radius 3 is 2.66 bits per heavy atom. The van der Waals surface area contributed by atoms with Crippen molar-refractivity contribution in [2.75, 3.05) is 19.9 Å². The first-order valence-electron chi connectivity index (χ1n) is 9.28. The third kappa shape index (κ3) is 4.02. The number of nitrogens with zero attached hydrogens (tertiary/aromatic N) is 3. The van der Waals surface area contributed by atoms with Crippen LogP contribution in [0.3, 0.4) is 0 Å². The van der Waals surface area contributed by atoms with Crippen LogP contribution in [0.25, 0.3) is 0 Å². The summed E-state index contributed by atoms with van der Waals surface area (Å²) in [7, 11) is -2.44. The lowest BCUT2D eigenvalue weighted by atomic mass is 9.94. The lowest BCUT2D eigenvalue weighted by Gasteiger charge is -2.31. The second-order valence-electron chi connectivity index (χ2n) is 7.21. The van der Waals surface area contributed by atoms with Gasteiger partial charge in [-0.15, -0.1) is 11.3 Å². The molecule has 2 aliphatic rings. The Kier molecular flexibility index (Phi) is 5.81. The Labute approximate surface area is 185 Å². The number of hydrogen-bond donors (Lipinski definition) is 1. The molecule has 3 heterocycles. The number of nitrogens with one attached hydrogen (secondary N) is 1. The van der Waals surface area contributed by atoms with E-state index >= 15 is 0 Å². The predicted octanol–water partition coefficient (Wildman–Crippen LogP) is 2.11. The largest absolute Gasteiger partial charge is 0.466 e. The Balaban J connectivity index is 1.92. The number of rotatable bonds is 5. The fourth-order valence-electron chi connectivity index (χ4n) is 3.83. The normalized spacial score (nSPS) is 20.9. The maximum absolute atomic E-state index is 14.7. The van der Waals surface area contributed by atoms with Crippen molar-refractivity contribution in [3.63, 3.8) is 0 Å². The summed E-state index contributed by atoms with van der Waals surface area (Å²) in [5.74, 6) is -5.13. The summed E-state index contributed by atoms with van der Waals surface area (Å²) in [6, 6.07) is -0.194. The first kappa shape index (κ1) is 22.4. The molecule has 0 amide bonds. The molecule has 0 spiro atoms. The Morgan fingerprint density at radius 1 is 1.28 bits per heavy atom. The van der Waals surface area contributed by atoms with Gasteiger partial charge in [-0.05, 0) is 6.07 Å². The molecule has 0 radical (unpaired) electrons. The van der Waals surface area contributed by atoms with Crippen LogP contribution in [-0.4, -0.2) is 56.1 Å². The molecule has 1 aromatic carbocycles. The molecule has 8 nitrogen and oxygen atoms in total. The van der Waals surface area contributed by atoms with E-state index in [1.165, 1.54) is 17.5 Å². The molecule has 4 rings (SSSR count). The zero-order valence-corrected chi connectivity index (χ0v) is 18.4. The van der Waals surface area contributed by atoms with E-state index in [1.54, 1.807) is 10.3 Å². The molecular weight excluding hydrogens is 469 g/mol. The molecule has 32 heavy (non-hydrogen) atoms. The number of carbonyl (C=O) groups excluding carboxylic acids is 1. The summed E-state index contributed by atoms with van der Waals surface area (Å²) in [6.07, 6.45) is 2.61. The Morgan fingerprint density at radius 2 is 2.03 bits per heavy atom. The number of ether oxygens (including phenoxy) is 1. The molecular formula is C19H17F3N4O4S2. The molecule has 0 aliphatic carbocycles. The number of hydrogen-bond acceptors (Lipinski definition) is 8. The highest BCUT2D eigenvalue weighted by atomic mass is 32.2. The molecule has 170 valence electrons. The van der Waals surface area contributed by atoms with Gasteiger partial charge in [0.15, 0.2) is 28.3 Å². The van der Waals surface area contributed by atoms with Crippen LogP contribution in [0.4, 0.5) is 13.2 Å². The van der Waals surface area contributed by atoms with Crippen molar-refractivity contribution in [1.82, 2.24) is 14.6 Å². The first-order valence-corrected chi connectivity index (χ1v) is 12.0. The lowest BCUT2D eigenvalue weighted by Crippen LogP contribution is -2.39. The summed E-state index contributed by atoms with van der Waals surface area (Å²) in [5.41, 5.74) is -0.104. The summed E-state index contributed by atoms with van der Waals surface area (Å²) in [5, 5.41) is 2.12. The van der Waals surface area contributed by atoms with Crippen LogP contribution < -0.4 is 4.72 Å². The summed E-state index contributed by atoms with van der Waals surface area (Å²) in [4.78, 5) is 23.0. The fraction of sp³-hybridized carbons (Fsp3) is 0.316. The van der Waals surface area contributed by atoms with Crippen molar-refractivity contribution in [2.45, 2.75) is 18.5 Å². The number of aliphatic imine (C=N–C) groups is 1. The van der Waals surface area contributed by atoms with E-state index in [4.69, 9.17) is 4.74 Å². The molecule has 1 N–H and O–H groups in total. The van der Waals surface area contributed by atoms with Crippen LogP contribution in [0.1, 0.15) is 23.0 Å². The van der Waals surface area contributed by atoms with Gasteiger partial charge in [-0.25, -0.2) is 36.1 Å². The van der Waals surface area contributed by atoms with E-state index in [9.17, 15) is 26.4 Å². The van der Waals surface area contributed by atoms with Crippen LogP contribution in [0.15, 0.2) is 40.0 Å². The van der Waals surface area contributed by atoms with Crippen molar-refractivity contribution >= 4 is 33.2 Å². The average Bonchev–Trinajstić information content (AvgIpc) is 3.39. The molecule has 2 aromatic rings. The van der Waals surface area contributed by atoms with Gasteiger partial charge in [0.1, 0.15) is 6.04 Å². The number of amidine groups is 1. The zero-order valence-electron chi connectivity index (χ0n) is 16.8. The number of halogens is 3. The van der Waals surface area contributed by atoms with Crippen molar-refractivity contribution in [3.8, 4) is 0 Å². The first-order chi connectivity index (χ1) is 15.1. The number of thiazole rings is 1. The minimum absolute atomic E-state index is 0.0731. The van der Waals surface area contributed by atoms with Crippen LogP contribution in [0.2, 0.25) is 0 Å². The van der Waals surface area contributed by atoms with Crippen LogP contribution >= 0.6 is 11.3 Å². The monoisotopic (exact) mass is 486 g/mol. The van der Waals surface area contributed by atoms with E-state index in [-0.39, 0.29) is 29.9 Å². The average molecular weight is 486 g/mol. The molecule has 1 fully saturated rings. The topological polar surface area (TPSA) is 101 Å². The van der Waals surface area contributed by atoms with Crippen LogP contribution in [0.5, 0.6) is 0 Å². The van der Waals surface area contributed by atoms with Crippen molar-refractivity contribution in [3.05, 3.63) is 63.0 Å². The molecule has 0 bridgehead atoms. The van der Waals surface area contributed by atoms with E-state index in [0.717, 1.165) is 25.5 Å². The second-order valence-corrected chi connectivity index (χ2v) is 9.89. The molecule has 1 aromatic heterocycles. The van der Waals surface area contributed by atoms with Crippen molar-refractivity contribution < 1.29 is 31.1 Å². The highest BCUT2D eigenvalue weighted by Crippen LogP contribution is 2.41. The number of benzene rings is 1. The minimum atomic E-state index is -3.57. The van der Waals surface area contributed by atoms with Gasteiger partial charge in [0.2, 0.25) is 10.0 Å². The number of sulfonamides is 1. The van der Waals surface area contributed by atoms with Gasteiger partial charge in [-0.3, -0.25) is 4.99 Å². The number of methoxy groups -OCH3 is 1. The fourth-order valence-corrected chi connectivity index (χ4v) is 5.23. The van der Waals surface area contributed by atoms with Gasteiger partial charge in [0.25, 0.3) is 0 Å². The molecule has 13 heteroatoms. The quantitative estimate of drug-likeness (QED) is 0.513.